The van der Waals surface area contributed by atoms with Crippen molar-refractivity contribution in [3.05, 3.63) is 110 Å². The Balaban J connectivity index is 1.17. The molecule has 252 valence electrons. The van der Waals surface area contributed by atoms with Gasteiger partial charge in [0, 0.05) is 31.3 Å². The molecule has 1 atom stereocenters. The van der Waals surface area contributed by atoms with E-state index in [4.69, 9.17) is 4.74 Å². The molecule has 1 unspecified atom stereocenters. The van der Waals surface area contributed by atoms with Gasteiger partial charge in [-0.05, 0) is 55.7 Å². The number of rotatable bonds is 24. The van der Waals surface area contributed by atoms with E-state index in [1.165, 1.54) is 86.5 Å². The van der Waals surface area contributed by atoms with E-state index in [0.717, 1.165) is 31.8 Å². The average Bonchev–Trinajstić information content (AvgIpc) is 3.66. The first-order chi connectivity index (χ1) is 23.2. The lowest BCUT2D eigenvalue weighted by molar-refractivity contribution is -0.143. The lowest BCUT2D eigenvalue weighted by Gasteiger charge is -2.27. The van der Waals surface area contributed by atoms with E-state index >= 15 is 0 Å². The van der Waals surface area contributed by atoms with Crippen molar-refractivity contribution in [3.63, 3.8) is 0 Å². The normalized spacial score (nSPS) is 12.2. The predicted octanol–water partition coefficient (Wildman–Crippen LogP) is 10.2. The molecule has 5 heteroatoms. The van der Waals surface area contributed by atoms with Gasteiger partial charge >= 0.3 is 5.97 Å². The summed E-state index contributed by atoms with van der Waals surface area (Å²) in [5, 5.41) is 4.12. The summed E-state index contributed by atoms with van der Waals surface area (Å²) in [6.07, 6.45) is 26.0. The van der Waals surface area contributed by atoms with Crippen LogP contribution in [0.15, 0.2) is 110 Å². The zero-order valence-corrected chi connectivity index (χ0v) is 29.8. The molecule has 4 nitrogen and oxygen atoms in total. The fraction of sp³-hybridized carbons (Fsp3) is 0.476. The molecule has 0 saturated heterocycles. The first-order valence-electron chi connectivity index (χ1n) is 18.4. The Morgan fingerprint density at radius 2 is 1.15 bits per heavy atom. The second kappa shape index (κ2) is 21.6. The van der Waals surface area contributed by atoms with E-state index in [-0.39, 0.29) is 5.97 Å². The van der Waals surface area contributed by atoms with Gasteiger partial charge in [-0.2, -0.15) is 0 Å². The van der Waals surface area contributed by atoms with Crippen LogP contribution in [0.3, 0.4) is 0 Å². The first kappa shape index (κ1) is 36.6. The van der Waals surface area contributed by atoms with Crippen molar-refractivity contribution >= 4 is 29.1 Å². The summed E-state index contributed by atoms with van der Waals surface area (Å²) in [6.45, 7) is 2.75. The molecule has 3 aromatic carbocycles. The van der Waals surface area contributed by atoms with Crippen LogP contribution in [-0.4, -0.2) is 28.3 Å². The van der Waals surface area contributed by atoms with Crippen molar-refractivity contribution < 1.29 is 9.53 Å². The van der Waals surface area contributed by atoms with Gasteiger partial charge < -0.3 is 9.30 Å². The molecule has 0 saturated carbocycles. The van der Waals surface area contributed by atoms with Crippen LogP contribution in [0.1, 0.15) is 116 Å². The number of carbonyl (C=O) groups is 1. The number of unbranched alkanes of at least 4 members (excludes halogenated alkanes) is 10. The van der Waals surface area contributed by atoms with E-state index in [1.807, 2.05) is 12.5 Å². The van der Waals surface area contributed by atoms with Crippen LogP contribution in [-0.2, 0) is 9.53 Å². The summed E-state index contributed by atoms with van der Waals surface area (Å²) >= 11 is 0. The Bertz CT molecular complexity index is 1250. The van der Waals surface area contributed by atoms with Crippen LogP contribution in [0, 0.1) is 0 Å². The maximum atomic E-state index is 12.7. The fourth-order valence-electron chi connectivity index (χ4n) is 6.89. The second-order valence-electron chi connectivity index (χ2n) is 13.0. The third-order valence-electron chi connectivity index (χ3n) is 9.50. The number of aromatic nitrogens is 2. The van der Waals surface area contributed by atoms with Crippen molar-refractivity contribution in [1.29, 1.82) is 0 Å². The zero-order chi connectivity index (χ0) is 32.8. The molecule has 0 aliphatic heterocycles. The van der Waals surface area contributed by atoms with Crippen LogP contribution < -0.4 is 15.9 Å². The summed E-state index contributed by atoms with van der Waals surface area (Å²) in [5.74, 6) is -0.0564. The monoisotopic (exact) mass is 653 g/mol. The molecule has 0 bridgehead atoms. The third kappa shape index (κ3) is 12.1. The van der Waals surface area contributed by atoms with Crippen LogP contribution in [0.5, 0.6) is 0 Å². The molecule has 1 aromatic heterocycles. The van der Waals surface area contributed by atoms with Crippen LogP contribution in [0.4, 0.5) is 0 Å². The Labute approximate surface area is 285 Å². The minimum Gasteiger partial charge on any atom is -0.466 e. The summed E-state index contributed by atoms with van der Waals surface area (Å²) in [6, 6.07) is 33.3. The minimum absolute atomic E-state index is 0.0564. The number of hydrogen-bond donors (Lipinski definition) is 0. The number of hydrogen-bond acceptors (Lipinski definition) is 3. The lowest BCUT2D eigenvalue weighted by atomic mass is 10.00. The van der Waals surface area contributed by atoms with Crippen LogP contribution in [0.2, 0.25) is 0 Å². The van der Waals surface area contributed by atoms with Gasteiger partial charge in [0.05, 0.1) is 19.1 Å². The topological polar surface area (TPSA) is 44.1 Å². The zero-order valence-electron chi connectivity index (χ0n) is 28.9. The molecule has 0 radical (unpaired) electrons. The molecule has 4 rings (SSSR count). The highest BCUT2D eigenvalue weighted by molar-refractivity contribution is 7.95. The van der Waals surface area contributed by atoms with Gasteiger partial charge in [0.15, 0.2) is 0 Å². The van der Waals surface area contributed by atoms with Gasteiger partial charge in [-0.3, -0.25) is 4.79 Å². The molecule has 0 spiro atoms. The van der Waals surface area contributed by atoms with E-state index < -0.39 is 7.26 Å². The SMILES string of the molecule is CCCCCCCCCCC(CCCCCCC(=O)OCCC[P+](c1ccccc1)(c1ccccc1)c1ccccc1)n1ccnc1. The van der Waals surface area contributed by atoms with Crippen LogP contribution >= 0.6 is 7.26 Å². The summed E-state index contributed by atoms with van der Waals surface area (Å²) in [4.78, 5) is 17.0. The van der Waals surface area contributed by atoms with E-state index in [9.17, 15) is 4.79 Å². The first-order valence-corrected chi connectivity index (χ1v) is 20.4. The van der Waals surface area contributed by atoms with E-state index in [1.54, 1.807) is 0 Å². The van der Waals surface area contributed by atoms with Crippen molar-refractivity contribution in [2.24, 2.45) is 0 Å². The highest BCUT2D eigenvalue weighted by Crippen LogP contribution is 2.55. The van der Waals surface area contributed by atoms with E-state index in [0.29, 0.717) is 19.1 Å². The minimum atomic E-state index is -1.89. The molecular weight excluding hydrogens is 595 g/mol. The quantitative estimate of drug-likeness (QED) is 0.0429. The number of imidazole rings is 1. The number of benzene rings is 3. The van der Waals surface area contributed by atoms with Crippen molar-refractivity contribution in [2.75, 3.05) is 12.8 Å². The summed E-state index contributed by atoms with van der Waals surface area (Å²) < 4.78 is 8.11. The Hall–Kier alpha value is -3.23. The number of ether oxygens (including phenoxy) is 1. The Morgan fingerprint density at radius 3 is 1.64 bits per heavy atom. The summed E-state index contributed by atoms with van der Waals surface area (Å²) in [5.41, 5.74) is 0. The van der Waals surface area contributed by atoms with Gasteiger partial charge in [-0.25, -0.2) is 4.98 Å². The van der Waals surface area contributed by atoms with Gasteiger partial charge in [-0.1, -0.05) is 132 Å². The molecule has 0 amide bonds. The predicted molar refractivity (Wildman–Crippen MR) is 202 cm³/mol. The summed E-state index contributed by atoms with van der Waals surface area (Å²) in [7, 11) is -1.89. The number of nitrogens with zero attached hydrogens (tertiary/aromatic N) is 2. The van der Waals surface area contributed by atoms with Crippen molar-refractivity contribution in [2.45, 2.75) is 116 Å². The molecule has 4 aromatic rings. The third-order valence-corrected chi connectivity index (χ3v) is 14.0. The van der Waals surface area contributed by atoms with Crippen LogP contribution in [0.25, 0.3) is 0 Å². The Kier molecular flexibility index (Phi) is 16.8. The molecule has 0 aliphatic carbocycles. The number of carbonyl (C=O) groups excluding carboxylic acids is 1. The van der Waals surface area contributed by atoms with Gasteiger partial charge in [-0.15, -0.1) is 0 Å². The highest BCUT2D eigenvalue weighted by Gasteiger charge is 2.44. The fourth-order valence-corrected chi connectivity index (χ4v) is 11.2. The lowest BCUT2D eigenvalue weighted by Crippen LogP contribution is -2.33. The van der Waals surface area contributed by atoms with Gasteiger partial charge in [0.2, 0.25) is 0 Å². The molecule has 47 heavy (non-hydrogen) atoms. The van der Waals surface area contributed by atoms with E-state index in [2.05, 4.69) is 114 Å². The molecule has 0 fully saturated rings. The maximum Gasteiger partial charge on any atom is 0.305 e. The number of esters is 1. The Morgan fingerprint density at radius 1 is 0.660 bits per heavy atom. The van der Waals surface area contributed by atoms with Crippen molar-refractivity contribution in [3.8, 4) is 0 Å². The average molecular weight is 654 g/mol. The smallest absolute Gasteiger partial charge is 0.305 e. The molecule has 0 N–H and O–H groups in total. The molecule has 0 aliphatic rings. The molecular formula is C42H58N2O2P+. The maximum absolute atomic E-state index is 12.7. The standard InChI is InChI=1S/C42H58N2O2P/c1-2-3-4-5-6-7-8-14-24-38(44-34-33-43-37-44)25-15-9-10-22-32-42(45)46-35-23-36-47(39-26-16-11-17-27-39,40-28-18-12-19-29-40)41-30-20-13-21-31-41/h11-13,16-21,26-31,33-34,37-38H,2-10,14-15,22-25,32,35-36H2,1H3/q+1. The van der Waals surface area contributed by atoms with Gasteiger partial charge in [0.25, 0.3) is 0 Å². The van der Waals surface area contributed by atoms with Gasteiger partial charge in [0.1, 0.15) is 23.2 Å². The second-order valence-corrected chi connectivity index (χ2v) is 16.6. The largest absolute Gasteiger partial charge is 0.466 e. The molecule has 1 heterocycles. The van der Waals surface area contributed by atoms with Crippen molar-refractivity contribution in [1.82, 2.24) is 9.55 Å². The highest BCUT2D eigenvalue weighted by atomic mass is 31.2.